The molecule has 4 nitrogen and oxygen atoms in total. The average molecular weight is 260 g/mol. The average Bonchev–Trinajstić information content (AvgIpc) is 2.70. The molecule has 0 atom stereocenters. The highest BCUT2D eigenvalue weighted by Crippen LogP contribution is 2.38. The maximum absolute atomic E-state index is 11.6. The van der Waals surface area contributed by atoms with Crippen LogP contribution in [0, 0.1) is 0 Å². The Morgan fingerprint density at radius 3 is 2.61 bits per heavy atom. The maximum Gasteiger partial charge on any atom is 0.396 e. The van der Waals surface area contributed by atoms with Crippen molar-refractivity contribution in [3.63, 3.8) is 0 Å². The highest BCUT2D eigenvalue weighted by Gasteiger charge is 2.20. The number of Topliss-reactive ketones (excluding diaryl/α,β-unsaturated/α-hetero) is 1. The van der Waals surface area contributed by atoms with Crippen LogP contribution in [0.1, 0.15) is 17.3 Å². The molecule has 1 aromatic heterocycles. The van der Waals surface area contributed by atoms with E-state index in [1.807, 2.05) is 0 Å². The normalized spacial score (nSPS) is 11.2. The Balaban J connectivity index is 2.70. The van der Waals surface area contributed by atoms with Gasteiger partial charge in [-0.3, -0.25) is 4.79 Å². The molecule has 90 valence electrons. The van der Waals surface area contributed by atoms with E-state index in [-0.39, 0.29) is 17.1 Å². The fraction of sp³-hybridized carbons (Fsp3) is 0.0769. The van der Waals surface area contributed by atoms with Gasteiger partial charge in [0.15, 0.2) is 11.4 Å². The van der Waals surface area contributed by atoms with E-state index in [9.17, 15) is 14.7 Å². The lowest BCUT2D eigenvalue weighted by molar-refractivity contribution is 0.101. The van der Waals surface area contributed by atoms with Crippen molar-refractivity contribution in [2.75, 3.05) is 0 Å². The van der Waals surface area contributed by atoms with Gasteiger partial charge in [0, 0.05) is 10.8 Å². The zero-order valence-corrected chi connectivity index (χ0v) is 10.2. The molecule has 3 rings (SSSR count). The molecular formula is C13H8O4S. The van der Waals surface area contributed by atoms with Crippen molar-refractivity contribution in [2.45, 2.75) is 6.92 Å². The van der Waals surface area contributed by atoms with Crippen LogP contribution in [0.5, 0.6) is 5.75 Å². The number of carbonyl (C=O) groups excluding carboxylic acids is 1. The molecule has 18 heavy (non-hydrogen) atoms. The van der Waals surface area contributed by atoms with Crippen LogP contribution >= 0.6 is 11.3 Å². The highest BCUT2D eigenvalue weighted by molar-refractivity contribution is 7.16. The van der Waals surface area contributed by atoms with Gasteiger partial charge in [-0.05, 0) is 6.92 Å². The summed E-state index contributed by atoms with van der Waals surface area (Å²) in [6.45, 7) is 1.35. The molecule has 0 bridgehead atoms. The first kappa shape index (κ1) is 11.0. The summed E-state index contributed by atoms with van der Waals surface area (Å²) in [5, 5.41) is 11.3. The van der Waals surface area contributed by atoms with Crippen LogP contribution in [0.3, 0.4) is 0 Å². The minimum absolute atomic E-state index is 0.0948. The summed E-state index contributed by atoms with van der Waals surface area (Å²) in [4.78, 5) is 22.5. The number of phenolic OH excluding ortho intramolecular Hbond substituents is 1. The number of ketones is 1. The summed E-state index contributed by atoms with van der Waals surface area (Å²) < 4.78 is 5.53. The Kier molecular flexibility index (Phi) is 2.24. The first-order valence-electron chi connectivity index (χ1n) is 5.28. The van der Waals surface area contributed by atoms with Gasteiger partial charge in [0.25, 0.3) is 0 Å². The molecule has 2 aromatic carbocycles. The van der Waals surface area contributed by atoms with Crippen molar-refractivity contribution in [3.8, 4) is 5.75 Å². The number of fused-ring (bicyclic) bond motifs is 3. The smallest absolute Gasteiger partial charge is 0.396 e. The van der Waals surface area contributed by atoms with Crippen molar-refractivity contribution in [3.05, 3.63) is 39.6 Å². The standard InChI is InChI=1S/C13H8O4S/c1-6(14)9-10(15)7-4-2-3-5-8(7)11-12(9)18-13(16)17-11/h2-5,15H,1H3. The zero-order chi connectivity index (χ0) is 12.9. The van der Waals surface area contributed by atoms with Gasteiger partial charge in [-0.15, -0.1) is 0 Å². The Bertz CT molecular complexity index is 841. The Morgan fingerprint density at radius 1 is 1.28 bits per heavy atom. The summed E-state index contributed by atoms with van der Waals surface area (Å²) in [5.41, 5.74) is 0.517. The van der Waals surface area contributed by atoms with Crippen molar-refractivity contribution in [2.24, 2.45) is 0 Å². The minimum atomic E-state index is -0.483. The lowest BCUT2D eigenvalue weighted by atomic mass is 10.0. The first-order chi connectivity index (χ1) is 8.59. The van der Waals surface area contributed by atoms with E-state index in [1.165, 1.54) is 6.92 Å². The van der Waals surface area contributed by atoms with E-state index in [2.05, 4.69) is 0 Å². The van der Waals surface area contributed by atoms with Crippen molar-refractivity contribution < 1.29 is 14.3 Å². The molecule has 0 radical (unpaired) electrons. The number of aromatic hydroxyl groups is 1. The molecule has 1 heterocycles. The molecule has 0 aliphatic rings. The van der Waals surface area contributed by atoms with Crippen molar-refractivity contribution >= 4 is 38.2 Å². The van der Waals surface area contributed by atoms with Crippen LogP contribution in [-0.4, -0.2) is 10.9 Å². The Morgan fingerprint density at radius 2 is 1.94 bits per heavy atom. The van der Waals surface area contributed by atoms with Crippen molar-refractivity contribution in [1.82, 2.24) is 0 Å². The molecule has 5 heteroatoms. The molecule has 0 unspecified atom stereocenters. The van der Waals surface area contributed by atoms with Gasteiger partial charge in [-0.25, -0.2) is 4.79 Å². The van der Waals surface area contributed by atoms with E-state index in [0.29, 0.717) is 21.1 Å². The predicted octanol–water partition coefficient (Wildman–Crippen LogP) is 2.92. The largest absolute Gasteiger partial charge is 0.506 e. The third-order valence-corrected chi connectivity index (χ3v) is 3.66. The van der Waals surface area contributed by atoms with Gasteiger partial charge in [0.05, 0.1) is 10.3 Å². The minimum Gasteiger partial charge on any atom is -0.506 e. The summed E-state index contributed by atoms with van der Waals surface area (Å²) in [6, 6.07) is 6.97. The van der Waals surface area contributed by atoms with E-state index in [4.69, 9.17) is 4.42 Å². The molecule has 0 spiro atoms. The van der Waals surface area contributed by atoms with E-state index in [1.54, 1.807) is 24.3 Å². The molecule has 0 saturated heterocycles. The van der Waals surface area contributed by atoms with Gasteiger partial charge >= 0.3 is 4.94 Å². The summed E-state index contributed by atoms with van der Waals surface area (Å²) in [5.74, 6) is -0.386. The fourth-order valence-corrected chi connectivity index (χ4v) is 2.96. The molecule has 3 aromatic rings. The second-order valence-electron chi connectivity index (χ2n) is 3.94. The van der Waals surface area contributed by atoms with E-state index < -0.39 is 4.94 Å². The van der Waals surface area contributed by atoms with Crippen LogP contribution in [0.2, 0.25) is 0 Å². The molecular weight excluding hydrogens is 252 g/mol. The van der Waals surface area contributed by atoms with E-state index >= 15 is 0 Å². The number of rotatable bonds is 1. The third-order valence-electron chi connectivity index (χ3n) is 2.82. The van der Waals surface area contributed by atoms with Gasteiger partial charge in [0.1, 0.15) is 5.75 Å². The number of phenols is 1. The third kappa shape index (κ3) is 1.37. The quantitative estimate of drug-likeness (QED) is 0.683. The Hall–Kier alpha value is -2.14. The second-order valence-corrected chi connectivity index (χ2v) is 4.88. The number of carbonyl (C=O) groups is 1. The highest BCUT2D eigenvalue weighted by atomic mass is 32.1. The van der Waals surface area contributed by atoms with Gasteiger partial charge in [0.2, 0.25) is 0 Å². The summed E-state index contributed by atoms with van der Waals surface area (Å²) in [7, 11) is 0. The van der Waals surface area contributed by atoms with Gasteiger partial charge in [-0.2, -0.15) is 0 Å². The SMILES string of the molecule is CC(=O)c1c(O)c2ccccc2c2oc(=O)sc12. The number of hydrogen-bond acceptors (Lipinski definition) is 5. The van der Waals surface area contributed by atoms with Gasteiger partial charge < -0.3 is 9.52 Å². The van der Waals surface area contributed by atoms with Crippen LogP contribution in [0.15, 0.2) is 33.5 Å². The molecule has 1 N–H and O–H groups in total. The van der Waals surface area contributed by atoms with Crippen LogP contribution in [0.4, 0.5) is 0 Å². The lowest BCUT2D eigenvalue weighted by Gasteiger charge is -2.06. The first-order valence-corrected chi connectivity index (χ1v) is 6.09. The summed E-state index contributed by atoms with van der Waals surface area (Å²) in [6.07, 6.45) is 0. The molecule has 0 saturated carbocycles. The fourth-order valence-electron chi connectivity index (χ4n) is 2.08. The Labute approximate surface area is 105 Å². The molecule has 0 fully saturated rings. The molecule has 0 amide bonds. The maximum atomic E-state index is 11.6. The number of benzene rings is 2. The van der Waals surface area contributed by atoms with Crippen LogP contribution in [0.25, 0.3) is 21.1 Å². The van der Waals surface area contributed by atoms with Gasteiger partial charge in [-0.1, -0.05) is 35.6 Å². The topological polar surface area (TPSA) is 67.5 Å². The second kappa shape index (κ2) is 3.68. The van der Waals surface area contributed by atoms with Crippen LogP contribution in [-0.2, 0) is 0 Å². The summed E-state index contributed by atoms with van der Waals surface area (Å²) >= 11 is 0.833. The molecule has 0 aliphatic heterocycles. The van der Waals surface area contributed by atoms with Crippen LogP contribution < -0.4 is 4.94 Å². The van der Waals surface area contributed by atoms with Crippen molar-refractivity contribution in [1.29, 1.82) is 0 Å². The predicted molar refractivity (Wildman–Crippen MR) is 69.5 cm³/mol. The molecule has 0 aliphatic carbocycles. The lowest BCUT2D eigenvalue weighted by Crippen LogP contribution is -1.94. The zero-order valence-electron chi connectivity index (χ0n) is 9.39. The van der Waals surface area contributed by atoms with E-state index in [0.717, 1.165) is 11.3 Å². The number of hydrogen-bond donors (Lipinski definition) is 1. The monoisotopic (exact) mass is 260 g/mol.